The van der Waals surface area contributed by atoms with Gasteiger partial charge in [0.1, 0.15) is 5.82 Å². The summed E-state index contributed by atoms with van der Waals surface area (Å²) >= 11 is 0. The van der Waals surface area contributed by atoms with E-state index in [0.717, 1.165) is 47.1 Å². The summed E-state index contributed by atoms with van der Waals surface area (Å²) < 4.78 is 0. The molecule has 3 aromatic rings. The monoisotopic (exact) mass is 383 g/mol. The Morgan fingerprint density at radius 3 is 2.34 bits per heavy atom. The molecule has 1 aromatic carbocycles. The zero-order valence-electron chi connectivity index (χ0n) is 16.9. The van der Waals surface area contributed by atoms with Crippen LogP contribution in [0.3, 0.4) is 0 Å². The second-order valence-electron chi connectivity index (χ2n) is 7.39. The van der Waals surface area contributed by atoms with Gasteiger partial charge in [-0.25, -0.2) is 4.98 Å². The van der Waals surface area contributed by atoms with Gasteiger partial charge < -0.3 is 9.80 Å². The van der Waals surface area contributed by atoms with Crippen molar-refractivity contribution in [2.24, 2.45) is 0 Å². The van der Waals surface area contributed by atoms with Crippen LogP contribution in [0.1, 0.15) is 22.9 Å². The lowest BCUT2D eigenvalue weighted by Crippen LogP contribution is -2.46. The number of hydrogen-bond acceptors (Lipinski definition) is 5. The van der Waals surface area contributed by atoms with Crippen LogP contribution in [0.5, 0.6) is 0 Å². The summed E-state index contributed by atoms with van der Waals surface area (Å²) in [6, 6.07) is 12.5. The number of benzene rings is 1. The Kier molecular flexibility index (Phi) is 5.12. The number of pyridine rings is 1. The van der Waals surface area contributed by atoms with E-state index in [2.05, 4.69) is 57.2 Å². The number of rotatable bonds is 6. The highest BCUT2D eigenvalue weighted by molar-refractivity contribution is 5.67. The number of anilines is 2. The zero-order chi connectivity index (χ0) is 20.4. The summed E-state index contributed by atoms with van der Waals surface area (Å²) in [5.74, 6) is 1.29. The predicted octanol–water partition coefficient (Wildman–Crippen LogP) is 4.49. The maximum atomic E-state index is 4.71. The molecule has 0 aliphatic carbocycles. The van der Waals surface area contributed by atoms with E-state index in [1.807, 2.05) is 26.2 Å². The number of nitrogens with zero attached hydrogens (tertiary/aromatic N) is 5. The third-order valence-electron chi connectivity index (χ3n) is 5.33. The van der Waals surface area contributed by atoms with Gasteiger partial charge in [-0.05, 0) is 35.9 Å². The number of hydrogen-bond donors (Lipinski definition) is 0. The normalized spacial score (nSPS) is 13.7. The third-order valence-corrected chi connectivity index (χ3v) is 5.33. The van der Waals surface area contributed by atoms with Crippen LogP contribution < -0.4 is 9.80 Å². The Morgan fingerprint density at radius 1 is 0.966 bits per heavy atom. The van der Waals surface area contributed by atoms with Crippen molar-refractivity contribution < 1.29 is 0 Å². The van der Waals surface area contributed by atoms with Gasteiger partial charge in [-0.1, -0.05) is 31.4 Å². The topological polar surface area (TPSA) is 45.2 Å². The predicted molar refractivity (Wildman–Crippen MR) is 121 cm³/mol. The highest BCUT2D eigenvalue weighted by atomic mass is 15.2. The van der Waals surface area contributed by atoms with E-state index in [9.17, 15) is 0 Å². The quantitative estimate of drug-likeness (QED) is 0.627. The highest BCUT2D eigenvalue weighted by Gasteiger charge is 2.32. The molecule has 5 heteroatoms. The maximum Gasteiger partial charge on any atom is 0.129 e. The molecule has 0 spiro atoms. The summed E-state index contributed by atoms with van der Waals surface area (Å²) in [6.07, 6.45) is 7.12. The standard InChI is InChI=1S/C24H25N5/c1-5-17-9-12-22(27-21(17)6-2)29-15-19(16-29)24-23(25-13-14-26-24)18-7-10-20(11-8-18)28(3)4/h5-14,19H,1-2,15-16H2,3-4H3. The van der Waals surface area contributed by atoms with Crippen LogP contribution in [0, 0.1) is 0 Å². The van der Waals surface area contributed by atoms with E-state index < -0.39 is 0 Å². The van der Waals surface area contributed by atoms with Gasteiger partial charge in [0.25, 0.3) is 0 Å². The second-order valence-corrected chi connectivity index (χ2v) is 7.39. The first kappa shape index (κ1) is 18.9. The van der Waals surface area contributed by atoms with Crippen LogP contribution in [0.4, 0.5) is 11.5 Å². The van der Waals surface area contributed by atoms with E-state index in [1.54, 1.807) is 24.5 Å². The van der Waals surface area contributed by atoms with Crippen LogP contribution in [0.25, 0.3) is 23.4 Å². The second kappa shape index (κ2) is 7.87. The van der Waals surface area contributed by atoms with Gasteiger partial charge in [0.15, 0.2) is 0 Å². The van der Waals surface area contributed by atoms with Crippen molar-refractivity contribution in [2.45, 2.75) is 5.92 Å². The summed E-state index contributed by atoms with van der Waals surface area (Å²) in [5.41, 5.74) is 6.14. The molecule has 1 saturated heterocycles. The summed E-state index contributed by atoms with van der Waals surface area (Å²) in [5, 5.41) is 0. The van der Waals surface area contributed by atoms with Crippen LogP contribution in [-0.4, -0.2) is 42.1 Å². The molecule has 146 valence electrons. The van der Waals surface area contributed by atoms with Gasteiger partial charge in [-0.15, -0.1) is 0 Å². The Balaban J connectivity index is 1.55. The van der Waals surface area contributed by atoms with Gasteiger partial charge in [0, 0.05) is 56.7 Å². The average Bonchev–Trinajstić information content (AvgIpc) is 2.73. The molecule has 5 nitrogen and oxygen atoms in total. The maximum absolute atomic E-state index is 4.71. The molecule has 0 saturated carbocycles. The lowest BCUT2D eigenvalue weighted by molar-refractivity contribution is 0.508. The molecule has 1 aliphatic heterocycles. The molecule has 1 fully saturated rings. The van der Waals surface area contributed by atoms with Gasteiger partial charge in [-0.2, -0.15) is 0 Å². The lowest BCUT2D eigenvalue weighted by atomic mass is 9.92. The Bertz CT molecular complexity index is 1030. The van der Waals surface area contributed by atoms with Crippen molar-refractivity contribution in [3.8, 4) is 11.3 Å². The molecule has 0 bridgehead atoms. The highest BCUT2D eigenvalue weighted by Crippen LogP contribution is 2.35. The van der Waals surface area contributed by atoms with Gasteiger partial charge in [0.05, 0.1) is 17.1 Å². The molecule has 0 unspecified atom stereocenters. The van der Waals surface area contributed by atoms with Crippen LogP contribution in [-0.2, 0) is 0 Å². The van der Waals surface area contributed by atoms with Crippen molar-refractivity contribution in [3.63, 3.8) is 0 Å². The van der Waals surface area contributed by atoms with Crippen LogP contribution >= 0.6 is 0 Å². The van der Waals surface area contributed by atoms with Gasteiger partial charge in [-0.3, -0.25) is 9.97 Å². The van der Waals surface area contributed by atoms with Crippen molar-refractivity contribution in [3.05, 3.63) is 78.9 Å². The van der Waals surface area contributed by atoms with Crippen LogP contribution in [0.2, 0.25) is 0 Å². The molecular weight excluding hydrogens is 358 g/mol. The molecule has 0 atom stereocenters. The molecule has 29 heavy (non-hydrogen) atoms. The van der Waals surface area contributed by atoms with Crippen LogP contribution in [0.15, 0.2) is 61.9 Å². The Morgan fingerprint density at radius 2 is 1.69 bits per heavy atom. The van der Waals surface area contributed by atoms with E-state index >= 15 is 0 Å². The Labute approximate surface area is 172 Å². The number of aromatic nitrogens is 3. The first-order chi connectivity index (χ1) is 14.1. The van der Waals surface area contributed by atoms with E-state index in [-0.39, 0.29) is 0 Å². The largest absolute Gasteiger partial charge is 0.378 e. The van der Waals surface area contributed by atoms with Crippen molar-refractivity contribution in [2.75, 3.05) is 37.0 Å². The molecule has 0 radical (unpaired) electrons. The molecule has 2 aromatic heterocycles. The van der Waals surface area contributed by atoms with E-state index in [0.29, 0.717) is 5.92 Å². The lowest BCUT2D eigenvalue weighted by Gasteiger charge is -2.40. The first-order valence-electron chi connectivity index (χ1n) is 9.70. The fraction of sp³-hybridized carbons (Fsp3) is 0.208. The van der Waals surface area contributed by atoms with Crippen molar-refractivity contribution >= 4 is 23.7 Å². The fourth-order valence-electron chi connectivity index (χ4n) is 3.61. The van der Waals surface area contributed by atoms with Crippen molar-refractivity contribution in [1.82, 2.24) is 15.0 Å². The molecular formula is C24H25N5. The zero-order valence-corrected chi connectivity index (χ0v) is 16.9. The fourth-order valence-corrected chi connectivity index (χ4v) is 3.61. The van der Waals surface area contributed by atoms with Gasteiger partial charge >= 0.3 is 0 Å². The SMILES string of the molecule is C=Cc1ccc(N2CC(c3nccnc3-c3ccc(N(C)C)cc3)C2)nc1C=C. The molecule has 1 aliphatic rings. The van der Waals surface area contributed by atoms with Crippen molar-refractivity contribution in [1.29, 1.82) is 0 Å². The summed E-state index contributed by atoms with van der Waals surface area (Å²) in [7, 11) is 4.08. The smallest absolute Gasteiger partial charge is 0.129 e. The minimum absolute atomic E-state index is 0.334. The molecule has 4 rings (SSSR count). The summed E-state index contributed by atoms with van der Waals surface area (Å²) in [4.78, 5) is 18.4. The van der Waals surface area contributed by atoms with E-state index in [1.165, 1.54) is 5.69 Å². The molecule has 0 N–H and O–H groups in total. The first-order valence-corrected chi connectivity index (χ1v) is 9.70. The summed E-state index contributed by atoms with van der Waals surface area (Å²) in [6.45, 7) is 9.44. The Hall–Kier alpha value is -3.47. The van der Waals surface area contributed by atoms with Gasteiger partial charge in [0.2, 0.25) is 0 Å². The third kappa shape index (κ3) is 3.63. The molecule has 0 amide bonds. The minimum atomic E-state index is 0.334. The minimum Gasteiger partial charge on any atom is -0.378 e. The molecule has 3 heterocycles. The average molecular weight is 383 g/mol. The van der Waals surface area contributed by atoms with E-state index in [4.69, 9.17) is 4.98 Å².